The SMILES string of the molecule is CN.CN=C1c2ccccc2C(Cc2ccnc(F)c2)(Cc2ccnc(F)c2)c2ccccc21.O=C1c2ccccc2C(Cc2ccnc(F)c2)(Cc2ccnc(F)c2)c2ccccc21. The minimum Gasteiger partial charge on any atom is -0.333 e. The molecule has 0 fully saturated rings. The molecule has 11 heteroatoms. The molecule has 65 heavy (non-hydrogen) atoms. The van der Waals surface area contributed by atoms with Crippen LogP contribution in [0.25, 0.3) is 0 Å². The van der Waals surface area contributed by atoms with Crippen LogP contribution in [-0.2, 0) is 36.5 Å². The average Bonchev–Trinajstić information content (AvgIpc) is 3.32. The normalized spacial score (nSPS) is 13.6. The zero-order valence-electron chi connectivity index (χ0n) is 35.7. The third-order valence-electron chi connectivity index (χ3n) is 12.2. The van der Waals surface area contributed by atoms with E-state index in [9.17, 15) is 22.4 Å². The average molecular weight is 869 g/mol. The van der Waals surface area contributed by atoms with Crippen molar-refractivity contribution in [2.45, 2.75) is 36.5 Å². The van der Waals surface area contributed by atoms with Gasteiger partial charge in [-0.1, -0.05) is 97.1 Å². The number of carbonyl (C=O) groups excluding carboxylic acids is 1. The van der Waals surface area contributed by atoms with Crippen molar-refractivity contribution in [1.82, 2.24) is 19.9 Å². The van der Waals surface area contributed by atoms with Crippen molar-refractivity contribution in [2.24, 2.45) is 10.7 Å². The van der Waals surface area contributed by atoms with Crippen LogP contribution in [0.3, 0.4) is 0 Å². The van der Waals surface area contributed by atoms with E-state index in [2.05, 4.69) is 54.9 Å². The fourth-order valence-corrected chi connectivity index (χ4v) is 9.72. The van der Waals surface area contributed by atoms with Gasteiger partial charge in [-0.3, -0.25) is 9.79 Å². The van der Waals surface area contributed by atoms with Crippen LogP contribution in [0.5, 0.6) is 0 Å². The quantitative estimate of drug-likeness (QED) is 0.120. The van der Waals surface area contributed by atoms with Gasteiger partial charge < -0.3 is 5.73 Å². The Bertz CT molecular complexity index is 2850. The smallest absolute Gasteiger partial charge is 0.213 e. The molecular weight excluding hydrogens is 825 g/mol. The lowest BCUT2D eigenvalue weighted by Gasteiger charge is -2.42. The Kier molecular flexibility index (Phi) is 13.0. The molecule has 7 nitrogen and oxygen atoms in total. The molecule has 0 saturated heterocycles. The van der Waals surface area contributed by atoms with Crippen LogP contribution in [0.1, 0.15) is 71.6 Å². The highest BCUT2D eigenvalue weighted by molar-refractivity contribution is 6.17. The lowest BCUT2D eigenvalue weighted by molar-refractivity contribution is 0.102. The van der Waals surface area contributed by atoms with E-state index in [1.54, 1.807) is 19.2 Å². The molecule has 8 aromatic rings. The van der Waals surface area contributed by atoms with Gasteiger partial charge >= 0.3 is 0 Å². The number of fused-ring (bicyclic) bond motifs is 4. The number of rotatable bonds is 8. The molecule has 0 atom stereocenters. The Hall–Kier alpha value is -7.50. The summed E-state index contributed by atoms with van der Waals surface area (Å²) in [6.45, 7) is 0. The molecule has 0 amide bonds. The summed E-state index contributed by atoms with van der Waals surface area (Å²) < 4.78 is 56.0. The van der Waals surface area contributed by atoms with Crippen LogP contribution >= 0.6 is 0 Å². The van der Waals surface area contributed by atoms with Crippen molar-refractivity contribution >= 4 is 11.5 Å². The Morgan fingerprint density at radius 2 is 0.692 bits per heavy atom. The molecule has 4 heterocycles. The minimum atomic E-state index is -0.692. The number of ketones is 1. The van der Waals surface area contributed by atoms with E-state index < -0.39 is 34.6 Å². The summed E-state index contributed by atoms with van der Waals surface area (Å²) in [4.78, 5) is 32.7. The Labute approximate surface area is 374 Å². The van der Waals surface area contributed by atoms with Crippen LogP contribution in [0.2, 0.25) is 0 Å². The topological polar surface area (TPSA) is 107 Å². The van der Waals surface area contributed by atoms with Gasteiger partial charge in [0, 0.05) is 64.9 Å². The maximum absolute atomic E-state index is 14.0. The van der Waals surface area contributed by atoms with Gasteiger partial charge in [-0.25, -0.2) is 19.9 Å². The highest BCUT2D eigenvalue weighted by Crippen LogP contribution is 2.48. The third kappa shape index (κ3) is 8.75. The predicted octanol–water partition coefficient (Wildman–Crippen LogP) is 9.95. The van der Waals surface area contributed by atoms with Crippen LogP contribution in [0.4, 0.5) is 17.6 Å². The highest BCUT2D eigenvalue weighted by atomic mass is 19.1. The van der Waals surface area contributed by atoms with Gasteiger partial charge in [-0.05, 0) is 126 Å². The fraction of sp³-hybridized carbons (Fsp3) is 0.148. The zero-order valence-corrected chi connectivity index (χ0v) is 35.7. The predicted molar refractivity (Wildman–Crippen MR) is 244 cm³/mol. The van der Waals surface area contributed by atoms with Gasteiger partial charge in [-0.2, -0.15) is 17.6 Å². The number of aromatic nitrogens is 4. The molecule has 4 aromatic heterocycles. The molecule has 2 N–H and O–H groups in total. The molecule has 324 valence electrons. The summed E-state index contributed by atoms with van der Waals surface area (Å²) in [7, 11) is 3.30. The molecule has 0 saturated carbocycles. The molecule has 0 spiro atoms. The highest BCUT2D eigenvalue weighted by Gasteiger charge is 2.45. The van der Waals surface area contributed by atoms with Crippen molar-refractivity contribution in [3.05, 3.63) is 261 Å². The van der Waals surface area contributed by atoms with Gasteiger partial charge in [0.2, 0.25) is 23.8 Å². The Balaban J connectivity index is 0.000000171. The Morgan fingerprint density at radius 1 is 0.431 bits per heavy atom. The molecule has 0 radical (unpaired) electrons. The van der Waals surface area contributed by atoms with Crippen LogP contribution in [0, 0.1) is 23.8 Å². The summed E-state index contributed by atoms with van der Waals surface area (Å²) in [5.74, 6) is -2.18. The number of carbonyl (C=O) groups is 1. The van der Waals surface area contributed by atoms with E-state index in [1.165, 1.54) is 56.1 Å². The second kappa shape index (κ2) is 19.1. The van der Waals surface area contributed by atoms with Crippen molar-refractivity contribution in [3.63, 3.8) is 0 Å². The van der Waals surface area contributed by atoms with E-state index in [1.807, 2.05) is 84.9 Å². The molecule has 10 rings (SSSR count). The number of pyridine rings is 4. The van der Waals surface area contributed by atoms with Crippen LogP contribution in [-0.4, -0.2) is 45.5 Å². The fourth-order valence-electron chi connectivity index (χ4n) is 9.72. The number of hydrogen-bond acceptors (Lipinski definition) is 7. The summed E-state index contributed by atoms with van der Waals surface area (Å²) in [6, 6.07) is 44.4. The van der Waals surface area contributed by atoms with Gasteiger partial charge in [-0.15, -0.1) is 0 Å². The Morgan fingerprint density at radius 3 is 0.969 bits per heavy atom. The van der Waals surface area contributed by atoms with Crippen molar-refractivity contribution in [3.8, 4) is 0 Å². The first-order chi connectivity index (χ1) is 31.7. The van der Waals surface area contributed by atoms with Crippen molar-refractivity contribution in [2.75, 3.05) is 14.1 Å². The first kappa shape index (κ1) is 44.1. The molecular formula is C54H44F4N6O. The second-order valence-electron chi connectivity index (χ2n) is 15.9. The maximum atomic E-state index is 14.0. The van der Waals surface area contributed by atoms with Gasteiger partial charge in [0.05, 0.1) is 5.71 Å². The second-order valence-corrected chi connectivity index (χ2v) is 15.9. The molecule has 0 unspecified atom stereocenters. The van der Waals surface area contributed by atoms with Crippen molar-refractivity contribution in [1.29, 1.82) is 0 Å². The number of aliphatic imine (C=N–C) groups is 1. The first-order valence-corrected chi connectivity index (χ1v) is 21.1. The van der Waals surface area contributed by atoms with E-state index in [0.29, 0.717) is 36.8 Å². The number of halogens is 4. The summed E-state index contributed by atoms with van der Waals surface area (Å²) in [5, 5.41) is 0. The maximum Gasteiger partial charge on any atom is 0.213 e. The van der Waals surface area contributed by atoms with Crippen LogP contribution in [0.15, 0.2) is 175 Å². The lowest BCUT2D eigenvalue weighted by atomic mass is 9.61. The van der Waals surface area contributed by atoms with E-state index >= 15 is 0 Å². The number of hydrogen-bond donors (Lipinski definition) is 1. The van der Waals surface area contributed by atoms with E-state index in [4.69, 9.17) is 0 Å². The molecule has 2 aliphatic rings. The van der Waals surface area contributed by atoms with E-state index in [0.717, 1.165) is 61.3 Å². The van der Waals surface area contributed by atoms with Gasteiger partial charge in [0.15, 0.2) is 5.78 Å². The summed E-state index contributed by atoms with van der Waals surface area (Å²) in [5.41, 5.74) is 14.5. The standard InChI is InChI=1S/C27H21F2N3.C26H18F2N2O.CH5N/c1-30-26-20-6-2-4-8-22(20)27(23-9-5-3-7-21(23)26,16-18-10-12-31-24(28)14-18)17-19-11-13-32-25(29)15-19;27-23-13-17(9-11-29-23)15-26(16-18-10-12-30-24(28)14-18)21-7-3-1-5-19(21)25(31)20-6-2-4-8-22(20)26;1-2/h2-15H,16-17H2,1H3;1-14H,15-16H2;2H2,1H3. The minimum absolute atomic E-state index is 0.0383. The molecule has 0 bridgehead atoms. The summed E-state index contributed by atoms with van der Waals surface area (Å²) >= 11 is 0. The molecule has 2 aliphatic carbocycles. The van der Waals surface area contributed by atoms with Gasteiger partial charge in [0.25, 0.3) is 0 Å². The molecule has 4 aromatic carbocycles. The van der Waals surface area contributed by atoms with Crippen molar-refractivity contribution < 1.29 is 22.4 Å². The largest absolute Gasteiger partial charge is 0.333 e. The number of nitrogens with zero attached hydrogens (tertiary/aromatic N) is 5. The van der Waals surface area contributed by atoms with Crippen LogP contribution < -0.4 is 5.73 Å². The zero-order chi connectivity index (χ0) is 45.6. The monoisotopic (exact) mass is 868 g/mol. The van der Waals surface area contributed by atoms with E-state index in [-0.39, 0.29) is 5.78 Å². The first-order valence-electron chi connectivity index (χ1n) is 21.1. The molecule has 0 aliphatic heterocycles. The summed E-state index contributed by atoms with van der Waals surface area (Å²) in [6.07, 6.45) is 7.78. The number of benzene rings is 4. The lowest BCUT2D eigenvalue weighted by Crippen LogP contribution is -2.40. The third-order valence-corrected chi connectivity index (χ3v) is 12.2. The number of nitrogens with two attached hydrogens (primary N) is 1. The van der Waals surface area contributed by atoms with Gasteiger partial charge in [0.1, 0.15) is 0 Å².